The first-order valence-electron chi connectivity index (χ1n) is 7.30. The van der Waals surface area contributed by atoms with Gasteiger partial charge in [0.05, 0.1) is 0 Å². The maximum Gasteiger partial charge on any atom is 0.257 e. The zero-order valence-corrected chi connectivity index (χ0v) is 12.9. The molecule has 0 aromatic heterocycles. The van der Waals surface area contributed by atoms with E-state index >= 15 is 0 Å². The number of hydrogen-bond donors (Lipinski definition) is 2. The number of benzene rings is 2. The molecule has 0 saturated heterocycles. The maximum atomic E-state index is 11.8. The van der Waals surface area contributed by atoms with Crippen LogP contribution in [0, 0.1) is 13.8 Å². The molecule has 22 heavy (non-hydrogen) atoms. The molecule has 0 heterocycles. The number of rotatable bonds is 6. The zero-order valence-electron chi connectivity index (χ0n) is 12.9. The van der Waals surface area contributed by atoms with E-state index in [1.165, 1.54) is 0 Å². The average Bonchev–Trinajstić information content (AvgIpc) is 2.49. The Hall–Kier alpha value is -2.49. The second-order valence-electron chi connectivity index (χ2n) is 5.28. The number of aromatic hydroxyl groups is 1. The summed E-state index contributed by atoms with van der Waals surface area (Å²) in [7, 11) is 0. The summed E-state index contributed by atoms with van der Waals surface area (Å²) in [4.78, 5) is 11.8. The van der Waals surface area contributed by atoms with Crippen LogP contribution in [0.1, 0.15) is 16.7 Å². The van der Waals surface area contributed by atoms with Gasteiger partial charge in [-0.1, -0.05) is 30.3 Å². The Kier molecular flexibility index (Phi) is 5.42. The van der Waals surface area contributed by atoms with Crippen LogP contribution < -0.4 is 10.1 Å². The van der Waals surface area contributed by atoms with Gasteiger partial charge in [0.15, 0.2) is 6.61 Å². The molecule has 2 N–H and O–H groups in total. The number of ether oxygens (including phenoxy) is 1. The van der Waals surface area contributed by atoms with E-state index in [-0.39, 0.29) is 18.3 Å². The molecule has 0 bridgehead atoms. The molecule has 0 unspecified atom stereocenters. The third-order valence-corrected chi connectivity index (χ3v) is 3.43. The van der Waals surface area contributed by atoms with Crippen molar-refractivity contribution in [2.24, 2.45) is 0 Å². The van der Waals surface area contributed by atoms with E-state index in [0.29, 0.717) is 6.54 Å². The minimum absolute atomic E-state index is 0.0151. The molecule has 0 radical (unpaired) electrons. The van der Waals surface area contributed by atoms with Crippen LogP contribution in [0.5, 0.6) is 11.5 Å². The van der Waals surface area contributed by atoms with Crippen molar-refractivity contribution in [2.75, 3.05) is 13.2 Å². The van der Waals surface area contributed by atoms with Gasteiger partial charge in [0.1, 0.15) is 11.5 Å². The predicted octanol–water partition coefficient (Wildman–Crippen LogP) is 2.75. The van der Waals surface area contributed by atoms with Crippen LogP contribution in [-0.2, 0) is 11.2 Å². The summed E-state index contributed by atoms with van der Waals surface area (Å²) in [5, 5.41) is 12.0. The summed E-state index contributed by atoms with van der Waals surface area (Å²) >= 11 is 0. The molecule has 0 aliphatic carbocycles. The minimum Gasteiger partial charge on any atom is -0.508 e. The Labute approximate surface area is 130 Å². The van der Waals surface area contributed by atoms with Crippen LogP contribution in [0.2, 0.25) is 0 Å². The third-order valence-electron chi connectivity index (χ3n) is 3.43. The van der Waals surface area contributed by atoms with Gasteiger partial charge in [-0.05, 0) is 49.1 Å². The lowest BCUT2D eigenvalue weighted by atomic mass is 10.1. The van der Waals surface area contributed by atoms with Crippen LogP contribution in [0.25, 0.3) is 0 Å². The Balaban J connectivity index is 1.75. The number of carbonyl (C=O) groups excluding carboxylic acids is 1. The van der Waals surface area contributed by atoms with Crippen molar-refractivity contribution in [1.82, 2.24) is 5.32 Å². The fourth-order valence-electron chi connectivity index (χ4n) is 2.22. The van der Waals surface area contributed by atoms with E-state index in [1.807, 2.05) is 44.2 Å². The molecule has 0 spiro atoms. The molecule has 0 fully saturated rings. The van der Waals surface area contributed by atoms with E-state index < -0.39 is 0 Å². The van der Waals surface area contributed by atoms with Gasteiger partial charge in [-0.25, -0.2) is 0 Å². The normalized spacial score (nSPS) is 10.3. The van der Waals surface area contributed by atoms with Crippen molar-refractivity contribution in [2.45, 2.75) is 20.3 Å². The number of phenolic OH excluding ortho intramolecular Hbond substituents is 1. The molecule has 2 rings (SSSR count). The van der Waals surface area contributed by atoms with Crippen LogP contribution >= 0.6 is 0 Å². The Morgan fingerprint density at radius 2 is 1.73 bits per heavy atom. The monoisotopic (exact) mass is 299 g/mol. The number of carbonyl (C=O) groups is 1. The number of phenols is 1. The highest BCUT2D eigenvalue weighted by Gasteiger charge is 2.06. The van der Waals surface area contributed by atoms with Gasteiger partial charge in [0.25, 0.3) is 5.91 Å². The van der Waals surface area contributed by atoms with Gasteiger partial charge in [-0.3, -0.25) is 4.79 Å². The second-order valence-corrected chi connectivity index (χ2v) is 5.28. The minimum atomic E-state index is -0.138. The third kappa shape index (κ3) is 4.52. The highest BCUT2D eigenvalue weighted by molar-refractivity contribution is 5.77. The lowest BCUT2D eigenvalue weighted by Gasteiger charge is -2.12. The van der Waals surface area contributed by atoms with Crippen LogP contribution in [0.4, 0.5) is 0 Å². The van der Waals surface area contributed by atoms with Crippen molar-refractivity contribution >= 4 is 5.91 Å². The number of aryl methyl sites for hydroxylation is 2. The van der Waals surface area contributed by atoms with E-state index in [4.69, 9.17) is 4.74 Å². The fraction of sp³-hybridized carbons (Fsp3) is 0.278. The summed E-state index contributed by atoms with van der Waals surface area (Å²) in [6.07, 6.45) is 0.718. The number of para-hydroxylation sites is 1. The Morgan fingerprint density at radius 3 is 2.36 bits per heavy atom. The number of nitrogens with one attached hydrogen (secondary N) is 1. The molecular formula is C18H21NO3. The largest absolute Gasteiger partial charge is 0.508 e. The van der Waals surface area contributed by atoms with Crippen LogP contribution in [0.3, 0.4) is 0 Å². The predicted molar refractivity (Wildman–Crippen MR) is 86.2 cm³/mol. The van der Waals surface area contributed by atoms with Crippen molar-refractivity contribution < 1.29 is 14.6 Å². The molecule has 4 heteroatoms. The number of hydrogen-bond acceptors (Lipinski definition) is 3. The SMILES string of the molecule is Cc1cccc(C)c1OCC(=O)NCCc1ccc(O)cc1. The molecule has 2 aromatic rings. The summed E-state index contributed by atoms with van der Waals surface area (Å²) in [5.74, 6) is 0.882. The maximum absolute atomic E-state index is 11.8. The Bertz CT molecular complexity index is 615. The first-order valence-corrected chi connectivity index (χ1v) is 7.30. The second kappa shape index (κ2) is 7.50. The molecule has 116 valence electrons. The highest BCUT2D eigenvalue weighted by Crippen LogP contribution is 2.21. The topological polar surface area (TPSA) is 58.6 Å². The molecule has 0 saturated carbocycles. The van der Waals surface area contributed by atoms with Gasteiger partial charge < -0.3 is 15.2 Å². The first-order chi connectivity index (χ1) is 10.6. The van der Waals surface area contributed by atoms with Gasteiger partial charge in [0, 0.05) is 6.54 Å². The Morgan fingerprint density at radius 1 is 1.09 bits per heavy atom. The van der Waals surface area contributed by atoms with Crippen molar-refractivity contribution in [1.29, 1.82) is 0 Å². The summed E-state index contributed by atoms with van der Waals surface area (Å²) in [5.41, 5.74) is 3.11. The molecule has 0 aliphatic rings. The van der Waals surface area contributed by atoms with Gasteiger partial charge in [0.2, 0.25) is 0 Å². The van der Waals surface area contributed by atoms with Crippen molar-refractivity contribution in [3.63, 3.8) is 0 Å². The van der Waals surface area contributed by atoms with E-state index in [1.54, 1.807) is 12.1 Å². The molecule has 0 atom stereocenters. The van der Waals surface area contributed by atoms with Gasteiger partial charge in [-0.2, -0.15) is 0 Å². The van der Waals surface area contributed by atoms with E-state index in [9.17, 15) is 9.90 Å². The molecular weight excluding hydrogens is 278 g/mol. The standard InChI is InChI=1S/C18H21NO3/c1-13-4-3-5-14(2)18(13)22-12-17(21)19-11-10-15-6-8-16(20)9-7-15/h3-9,20H,10-12H2,1-2H3,(H,19,21). The highest BCUT2D eigenvalue weighted by atomic mass is 16.5. The quantitative estimate of drug-likeness (QED) is 0.862. The number of amides is 1. The summed E-state index contributed by atoms with van der Waals surface area (Å²) < 4.78 is 5.60. The first kappa shape index (κ1) is 15.9. The lowest BCUT2D eigenvalue weighted by molar-refractivity contribution is -0.123. The lowest BCUT2D eigenvalue weighted by Crippen LogP contribution is -2.30. The van der Waals surface area contributed by atoms with E-state index in [0.717, 1.165) is 28.9 Å². The average molecular weight is 299 g/mol. The molecule has 4 nitrogen and oxygen atoms in total. The van der Waals surface area contributed by atoms with Crippen LogP contribution in [0.15, 0.2) is 42.5 Å². The summed E-state index contributed by atoms with van der Waals surface area (Å²) in [6.45, 7) is 4.48. The van der Waals surface area contributed by atoms with Crippen molar-refractivity contribution in [3.8, 4) is 11.5 Å². The van der Waals surface area contributed by atoms with E-state index in [2.05, 4.69) is 5.32 Å². The molecule has 2 aromatic carbocycles. The van der Waals surface area contributed by atoms with Gasteiger partial charge in [-0.15, -0.1) is 0 Å². The van der Waals surface area contributed by atoms with Crippen LogP contribution in [-0.4, -0.2) is 24.2 Å². The summed E-state index contributed by atoms with van der Waals surface area (Å²) in [6, 6.07) is 12.9. The smallest absolute Gasteiger partial charge is 0.257 e. The molecule has 0 aliphatic heterocycles. The molecule has 1 amide bonds. The zero-order chi connectivity index (χ0) is 15.9. The van der Waals surface area contributed by atoms with Crippen molar-refractivity contribution in [3.05, 3.63) is 59.2 Å². The van der Waals surface area contributed by atoms with Gasteiger partial charge >= 0.3 is 0 Å². The fourth-order valence-corrected chi connectivity index (χ4v) is 2.22.